The minimum absolute atomic E-state index is 0.0288. The molecule has 1 aliphatic rings. The van der Waals surface area contributed by atoms with Crippen LogP contribution in [0.4, 0.5) is 0 Å². The van der Waals surface area contributed by atoms with Crippen molar-refractivity contribution >= 4 is 11.8 Å². The molecule has 3 rings (SSSR count). The molecule has 0 saturated heterocycles. The van der Waals surface area contributed by atoms with E-state index in [4.69, 9.17) is 14.2 Å². The van der Waals surface area contributed by atoms with Crippen LogP contribution in [0.5, 0.6) is 17.2 Å². The number of allylic oxidation sites excluding steroid dienone is 1. The number of ether oxygens (including phenoxy) is 3. The SMILES string of the molecule is CCCc1c(OCCCOc2ccc3c(c2CCC)CC(/C=C\C(=O)OC)CC3)ccc(C(C)=O)c1O. The minimum atomic E-state index is -0.314. The van der Waals surface area contributed by atoms with E-state index in [1.54, 1.807) is 12.1 Å². The van der Waals surface area contributed by atoms with Crippen LogP contribution in [0.25, 0.3) is 0 Å². The molecule has 2 aromatic carbocycles. The summed E-state index contributed by atoms with van der Waals surface area (Å²) in [6, 6.07) is 7.67. The smallest absolute Gasteiger partial charge is 0.330 e. The largest absolute Gasteiger partial charge is 0.507 e. The Morgan fingerprint density at radius 3 is 2.30 bits per heavy atom. The first-order valence-corrected chi connectivity index (χ1v) is 13.4. The molecule has 0 fully saturated rings. The van der Waals surface area contributed by atoms with E-state index in [9.17, 15) is 14.7 Å². The zero-order valence-corrected chi connectivity index (χ0v) is 22.6. The highest BCUT2D eigenvalue weighted by atomic mass is 16.5. The maximum absolute atomic E-state index is 11.8. The molecule has 1 aliphatic carbocycles. The number of benzene rings is 2. The van der Waals surface area contributed by atoms with E-state index in [0.717, 1.165) is 44.3 Å². The van der Waals surface area contributed by atoms with Crippen molar-refractivity contribution < 1.29 is 28.9 Å². The average molecular weight is 509 g/mol. The molecule has 0 amide bonds. The summed E-state index contributed by atoms with van der Waals surface area (Å²) in [4.78, 5) is 23.3. The average Bonchev–Trinajstić information content (AvgIpc) is 2.89. The van der Waals surface area contributed by atoms with Gasteiger partial charge in [0.2, 0.25) is 0 Å². The van der Waals surface area contributed by atoms with Gasteiger partial charge >= 0.3 is 5.97 Å². The number of Topliss-reactive ketones (excluding diaryl/α,β-unsaturated/α-hetero) is 1. The van der Waals surface area contributed by atoms with E-state index in [1.807, 2.05) is 13.0 Å². The number of fused-ring (bicyclic) bond motifs is 1. The number of phenols is 1. The summed E-state index contributed by atoms with van der Waals surface area (Å²) in [6.07, 6.45) is 10.6. The highest BCUT2D eigenvalue weighted by Crippen LogP contribution is 2.35. The lowest BCUT2D eigenvalue weighted by molar-refractivity contribution is -0.134. The van der Waals surface area contributed by atoms with E-state index >= 15 is 0 Å². The summed E-state index contributed by atoms with van der Waals surface area (Å²) in [5.41, 5.74) is 5.02. The fraction of sp³-hybridized carbons (Fsp3) is 0.484. The highest BCUT2D eigenvalue weighted by Gasteiger charge is 2.22. The molecule has 2 aromatic rings. The summed E-state index contributed by atoms with van der Waals surface area (Å²) in [5, 5.41) is 10.5. The van der Waals surface area contributed by atoms with Crippen LogP contribution >= 0.6 is 0 Å². The molecule has 0 saturated carbocycles. The van der Waals surface area contributed by atoms with Crippen LogP contribution in [0.1, 0.15) is 79.1 Å². The predicted molar refractivity (Wildman–Crippen MR) is 145 cm³/mol. The van der Waals surface area contributed by atoms with Gasteiger partial charge in [-0.25, -0.2) is 4.79 Å². The predicted octanol–water partition coefficient (Wildman–Crippen LogP) is 6.18. The van der Waals surface area contributed by atoms with Crippen molar-refractivity contribution in [2.45, 2.75) is 72.1 Å². The quantitative estimate of drug-likeness (QED) is 0.151. The number of esters is 1. The molecular formula is C31H40O6. The number of carbonyl (C=O) groups excluding carboxylic acids is 2. The molecule has 1 unspecified atom stereocenters. The van der Waals surface area contributed by atoms with Gasteiger partial charge in [0.05, 0.1) is 25.9 Å². The third-order valence-electron chi connectivity index (χ3n) is 6.86. The van der Waals surface area contributed by atoms with Gasteiger partial charge in [0.15, 0.2) is 5.78 Å². The Balaban J connectivity index is 1.63. The number of hydrogen-bond donors (Lipinski definition) is 1. The Bertz CT molecular complexity index is 1120. The zero-order valence-electron chi connectivity index (χ0n) is 22.6. The van der Waals surface area contributed by atoms with E-state index in [1.165, 1.54) is 36.8 Å². The Morgan fingerprint density at radius 2 is 1.65 bits per heavy atom. The van der Waals surface area contributed by atoms with Crippen molar-refractivity contribution in [1.29, 1.82) is 0 Å². The van der Waals surface area contributed by atoms with Gasteiger partial charge in [-0.2, -0.15) is 0 Å². The van der Waals surface area contributed by atoms with E-state index in [2.05, 4.69) is 19.1 Å². The van der Waals surface area contributed by atoms with Gasteiger partial charge in [0.25, 0.3) is 0 Å². The highest BCUT2D eigenvalue weighted by molar-refractivity contribution is 5.97. The van der Waals surface area contributed by atoms with E-state index in [0.29, 0.717) is 48.8 Å². The lowest BCUT2D eigenvalue weighted by Gasteiger charge is -2.26. The lowest BCUT2D eigenvalue weighted by atomic mass is 9.80. The minimum Gasteiger partial charge on any atom is -0.507 e. The molecule has 0 heterocycles. The molecule has 37 heavy (non-hydrogen) atoms. The van der Waals surface area contributed by atoms with Gasteiger partial charge in [-0.3, -0.25) is 4.79 Å². The van der Waals surface area contributed by atoms with Gasteiger partial charge in [0, 0.05) is 18.1 Å². The van der Waals surface area contributed by atoms with Gasteiger partial charge < -0.3 is 19.3 Å². The molecule has 6 heteroatoms. The second-order valence-corrected chi connectivity index (χ2v) is 9.61. The van der Waals surface area contributed by atoms with Crippen LogP contribution in [0, 0.1) is 5.92 Å². The summed E-state index contributed by atoms with van der Waals surface area (Å²) in [6.45, 7) is 6.62. The number of carbonyl (C=O) groups is 2. The number of ketones is 1. The van der Waals surface area contributed by atoms with Crippen molar-refractivity contribution in [3.8, 4) is 17.2 Å². The van der Waals surface area contributed by atoms with Crippen LogP contribution in [0.2, 0.25) is 0 Å². The first-order chi connectivity index (χ1) is 17.9. The molecule has 0 bridgehead atoms. The van der Waals surface area contributed by atoms with Crippen LogP contribution in [-0.4, -0.2) is 37.2 Å². The van der Waals surface area contributed by atoms with Gasteiger partial charge in [-0.1, -0.05) is 38.8 Å². The van der Waals surface area contributed by atoms with E-state index in [-0.39, 0.29) is 17.5 Å². The molecular weight excluding hydrogens is 468 g/mol. The van der Waals surface area contributed by atoms with E-state index < -0.39 is 0 Å². The van der Waals surface area contributed by atoms with Crippen LogP contribution in [0.15, 0.2) is 36.4 Å². The van der Waals surface area contributed by atoms with Crippen molar-refractivity contribution in [2.75, 3.05) is 20.3 Å². The first-order valence-electron chi connectivity index (χ1n) is 13.4. The van der Waals surface area contributed by atoms with Crippen molar-refractivity contribution in [1.82, 2.24) is 0 Å². The molecule has 1 atom stereocenters. The fourth-order valence-corrected chi connectivity index (χ4v) is 4.97. The van der Waals surface area contributed by atoms with Crippen LogP contribution in [-0.2, 0) is 35.2 Å². The second-order valence-electron chi connectivity index (χ2n) is 9.61. The Morgan fingerprint density at radius 1 is 1.00 bits per heavy atom. The monoisotopic (exact) mass is 508 g/mol. The molecule has 1 N–H and O–H groups in total. The molecule has 200 valence electrons. The summed E-state index contributed by atoms with van der Waals surface area (Å²) in [7, 11) is 1.40. The lowest BCUT2D eigenvalue weighted by Crippen LogP contribution is -2.16. The summed E-state index contributed by atoms with van der Waals surface area (Å²) >= 11 is 0. The standard InChI is InChI=1S/C31H40O6/c1-5-8-25-27-20-22(11-17-30(33)35-4)10-12-23(27)13-15-28(25)36-18-7-19-37-29-16-14-24(21(3)32)31(34)26(29)9-6-2/h11,13-17,22,34H,5-10,12,18-20H2,1-4H3/b17-11-. The molecule has 0 aliphatic heterocycles. The van der Waals surface area contributed by atoms with Crippen molar-refractivity contribution in [2.24, 2.45) is 5.92 Å². The second kappa shape index (κ2) is 13.9. The summed E-state index contributed by atoms with van der Waals surface area (Å²) in [5.74, 6) is 1.42. The maximum Gasteiger partial charge on any atom is 0.330 e. The normalized spacial score (nSPS) is 14.9. The number of aromatic hydroxyl groups is 1. The number of rotatable bonds is 13. The summed E-state index contributed by atoms with van der Waals surface area (Å²) < 4.78 is 17.0. The molecule has 0 aromatic heterocycles. The van der Waals surface area contributed by atoms with Gasteiger partial charge in [-0.05, 0) is 79.8 Å². The molecule has 0 radical (unpaired) electrons. The third-order valence-corrected chi connectivity index (χ3v) is 6.86. The Labute approximate surface area is 220 Å². The Hall–Kier alpha value is -3.28. The molecule has 6 nitrogen and oxygen atoms in total. The van der Waals surface area contributed by atoms with Gasteiger partial charge in [-0.15, -0.1) is 0 Å². The molecule has 0 spiro atoms. The number of methoxy groups -OCH3 is 1. The Kier molecular flexibility index (Phi) is 10.6. The van der Waals surface area contributed by atoms with Gasteiger partial charge in [0.1, 0.15) is 17.2 Å². The first kappa shape index (κ1) is 28.3. The topological polar surface area (TPSA) is 82.1 Å². The number of phenolic OH excluding ortho intramolecular Hbond substituents is 1. The number of hydrogen-bond acceptors (Lipinski definition) is 6. The zero-order chi connectivity index (χ0) is 26.8. The maximum atomic E-state index is 11.8. The fourth-order valence-electron chi connectivity index (χ4n) is 4.97. The number of aryl methyl sites for hydroxylation is 1. The van der Waals surface area contributed by atoms with Crippen molar-refractivity contribution in [3.05, 3.63) is 64.2 Å². The van der Waals surface area contributed by atoms with Crippen LogP contribution in [0.3, 0.4) is 0 Å². The van der Waals surface area contributed by atoms with Crippen molar-refractivity contribution in [3.63, 3.8) is 0 Å². The third kappa shape index (κ3) is 7.37. The van der Waals surface area contributed by atoms with Crippen LogP contribution < -0.4 is 9.47 Å².